The summed E-state index contributed by atoms with van der Waals surface area (Å²) in [5, 5.41) is 5.20. The Morgan fingerprint density at radius 3 is 2.36 bits per heavy atom. The summed E-state index contributed by atoms with van der Waals surface area (Å²) in [5.41, 5.74) is 1.25. The normalized spacial score (nSPS) is 13.5. The van der Waals surface area contributed by atoms with E-state index in [0.717, 1.165) is 5.01 Å². The Bertz CT molecular complexity index is 844. The number of fused-ring (bicyclic) bond motifs is 1. The van der Waals surface area contributed by atoms with Crippen LogP contribution in [-0.4, -0.2) is 36.8 Å². The van der Waals surface area contributed by atoms with Gasteiger partial charge >= 0.3 is 0 Å². The molecular weight excluding hydrogens is 344 g/mol. The van der Waals surface area contributed by atoms with Crippen molar-refractivity contribution in [2.45, 2.75) is 6.92 Å². The number of amides is 2. The van der Waals surface area contributed by atoms with Gasteiger partial charge in [-0.3, -0.25) is 9.59 Å². The highest BCUT2D eigenvalue weighted by atomic mass is 35.5. The Labute approximate surface area is 149 Å². The van der Waals surface area contributed by atoms with Crippen molar-refractivity contribution in [2.75, 3.05) is 13.7 Å². The van der Waals surface area contributed by atoms with Gasteiger partial charge in [-0.2, -0.15) is 10.1 Å². The van der Waals surface area contributed by atoms with E-state index < -0.39 is 11.8 Å². The first kappa shape index (κ1) is 17.0. The third kappa shape index (κ3) is 3.08. The molecule has 0 saturated carbocycles. The van der Waals surface area contributed by atoms with E-state index in [4.69, 9.17) is 21.1 Å². The fourth-order valence-electron chi connectivity index (χ4n) is 2.50. The summed E-state index contributed by atoms with van der Waals surface area (Å²) in [4.78, 5) is 24.6. The Balaban J connectivity index is 1.90. The second-order valence-electron chi connectivity index (χ2n) is 5.18. The quantitative estimate of drug-likeness (QED) is 0.607. The van der Waals surface area contributed by atoms with Crippen LogP contribution in [0, 0.1) is 0 Å². The lowest BCUT2D eigenvalue weighted by molar-refractivity contribution is 0.0660. The Hall–Kier alpha value is -2.86. The second-order valence-corrected chi connectivity index (χ2v) is 5.59. The summed E-state index contributed by atoms with van der Waals surface area (Å²) in [5.74, 6) is -0.0376. The van der Waals surface area contributed by atoms with E-state index in [0.29, 0.717) is 39.8 Å². The van der Waals surface area contributed by atoms with Gasteiger partial charge in [-0.15, -0.1) is 0 Å². The van der Waals surface area contributed by atoms with E-state index in [2.05, 4.69) is 5.10 Å². The molecule has 0 fully saturated rings. The van der Waals surface area contributed by atoms with Gasteiger partial charge in [-0.05, 0) is 36.8 Å². The van der Waals surface area contributed by atoms with E-state index in [1.807, 2.05) is 6.92 Å². The van der Waals surface area contributed by atoms with Gasteiger partial charge in [0.15, 0.2) is 11.5 Å². The van der Waals surface area contributed by atoms with Crippen molar-refractivity contribution in [3.8, 4) is 11.5 Å². The van der Waals surface area contributed by atoms with E-state index in [1.165, 1.54) is 13.3 Å². The minimum absolute atomic E-state index is 0.340. The van der Waals surface area contributed by atoms with E-state index in [9.17, 15) is 9.59 Å². The molecule has 25 heavy (non-hydrogen) atoms. The summed E-state index contributed by atoms with van der Waals surface area (Å²) < 4.78 is 10.7. The smallest absolute Gasteiger partial charge is 0.282 e. The lowest BCUT2D eigenvalue weighted by atomic mass is 10.1. The number of hydrogen-bond donors (Lipinski definition) is 0. The van der Waals surface area contributed by atoms with Crippen molar-refractivity contribution in [3.63, 3.8) is 0 Å². The van der Waals surface area contributed by atoms with Crippen LogP contribution in [0.1, 0.15) is 33.2 Å². The number of nitrogens with zero attached hydrogens (tertiary/aromatic N) is 2. The SMILES string of the molecule is CCOc1c(Cl)cc(/C=N\N2C(=O)c3ccccc3C2=O)cc1OC. The molecule has 1 aliphatic heterocycles. The molecule has 0 saturated heterocycles. The minimum Gasteiger partial charge on any atom is -0.493 e. The zero-order valence-electron chi connectivity index (χ0n) is 13.7. The largest absolute Gasteiger partial charge is 0.493 e. The monoisotopic (exact) mass is 358 g/mol. The summed E-state index contributed by atoms with van der Waals surface area (Å²) in [6.07, 6.45) is 1.38. The molecule has 0 N–H and O–H groups in total. The average Bonchev–Trinajstić information content (AvgIpc) is 2.86. The summed E-state index contributed by atoms with van der Waals surface area (Å²) in [6.45, 7) is 2.28. The first-order valence-corrected chi connectivity index (χ1v) is 7.96. The average molecular weight is 359 g/mol. The van der Waals surface area contributed by atoms with Gasteiger partial charge in [0.2, 0.25) is 0 Å². The number of imide groups is 1. The first-order valence-electron chi connectivity index (χ1n) is 7.59. The summed E-state index contributed by atoms with van der Waals surface area (Å²) in [6, 6.07) is 9.89. The Kier molecular flexibility index (Phi) is 4.72. The van der Waals surface area contributed by atoms with Gasteiger partial charge in [-0.25, -0.2) is 0 Å². The number of carbonyl (C=O) groups excluding carboxylic acids is 2. The van der Waals surface area contributed by atoms with Crippen molar-refractivity contribution in [1.29, 1.82) is 0 Å². The molecule has 0 atom stereocenters. The molecular formula is C18H15ClN2O4. The third-order valence-corrected chi connectivity index (χ3v) is 3.92. The number of hydrogen-bond acceptors (Lipinski definition) is 5. The van der Waals surface area contributed by atoms with Crippen LogP contribution < -0.4 is 9.47 Å². The molecule has 128 valence electrons. The molecule has 0 aliphatic carbocycles. The van der Waals surface area contributed by atoms with E-state index in [-0.39, 0.29) is 0 Å². The molecule has 0 spiro atoms. The zero-order valence-corrected chi connectivity index (χ0v) is 14.4. The topological polar surface area (TPSA) is 68.2 Å². The van der Waals surface area contributed by atoms with Crippen LogP contribution in [0.2, 0.25) is 5.02 Å². The second kappa shape index (κ2) is 6.94. The first-order chi connectivity index (χ1) is 12.1. The van der Waals surface area contributed by atoms with Crippen LogP contribution in [0.3, 0.4) is 0 Å². The highest BCUT2D eigenvalue weighted by molar-refractivity contribution is 6.32. The molecule has 0 unspecified atom stereocenters. The predicted octanol–water partition coefficient (Wildman–Crippen LogP) is 3.38. The van der Waals surface area contributed by atoms with Crippen molar-refractivity contribution in [2.24, 2.45) is 5.10 Å². The fraction of sp³-hybridized carbons (Fsp3) is 0.167. The minimum atomic E-state index is -0.458. The van der Waals surface area contributed by atoms with Crippen molar-refractivity contribution in [1.82, 2.24) is 5.01 Å². The number of hydrazone groups is 1. The highest BCUT2D eigenvalue weighted by Crippen LogP contribution is 2.36. The molecule has 1 heterocycles. The van der Waals surface area contributed by atoms with Crippen LogP contribution in [-0.2, 0) is 0 Å². The molecule has 3 rings (SSSR count). The molecule has 0 aromatic heterocycles. The summed E-state index contributed by atoms with van der Waals surface area (Å²) >= 11 is 6.20. The predicted molar refractivity (Wildman–Crippen MR) is 93.7 cm³/mol. The Morgan fingerprint density at radius 2 is 1.80 bits per heavy atom. The highest BCUT2D eigenvalue weighted by Gasteiger charge is 2.35. The standard InChI is InChI=1S/C18H15ClN2O4/c1-3-25-16-14(19)8-11(9-15(16)24-2)10-20-21-17(22)12-6-4-5-7-13(12)18(21)23/h4-10H,3H2,1-2H3/b20-10-. The van der Waals surface area contributed by atoms with Crippen LogP contribution in [0.5, 0.6) is 11.5 Å². The van der Waals surface area contributed by atoms with Gasteiger partial charge in [0.1, 0.15) is 0 Å². The van der Waals surface area contributed by atoms with E-state index >= 15 is 0 Å². The molecule has 7 heteroatoms. The molecule has 0 radical (unpaired) electrons. The summed E-state index contributed by atoms with van der Waals surface area (Å²) in [7, 11) is 1.50. The number of halogens is 1. The van der Waals surface area contributed by atoms with Crippen molar-refractivity contribution >= 4 is 29.6 Å². The van der Waals surface area contributed by atoms with Crippen LogP contribution in [0.15, 0.2) is 41.5 Å². The zero-order chi connectivity index (χ0) is 18.0. The van der Waals surface area contributed by atoms with Crippen LogP contribution in [0.4, 0.5) is 0 Å². The number of ether oxygens (including phenoxy) is 2. The molecule has 6 nitrogen and oxygen atoms in total. The molecule has 0 bridgehead atoms. The maximum absolute atomic E-state index is 12.3. The van der Waals surface area contributed by atoms with Gasteiger partial charge in [0, 0.05) is 0 Å². The third-order valence-electron chi connectivity index (χ3n) is 3.64. The maximum atomic E-state index is 12.3. The van der Waals surface area contributed by atoms with Gasteiger partial charge in [0.05, 0.1) is 36.1 Å². The molecule has 2 aromatic rings. The maximum Gasteiger partial charge on any atom is 0.282 e. The number of benzene rings is 2. The lowest BCUT2D eigenvalue weighted by Crippen LogP contribution is -2.24. The molecule has 1 aliphatic rings. The molecule has 2 aromatic carbocycles. The van der Waals surface area contributed by atoms with Crippen molar-refractivity contribution in [3.05, 3.63) is 58.1 Å². The van der Waals surface area contributed by atoms with Gasteiger partial charge < -0.3 is 9.47 Å². The molecule has 2 amide bonds. The Morgan fingerprint density at radius 1 is 1.16 bits per heavy atom. The van der Waals surface area contributed by atoms with Crippen LogP contribution in [0.25, 0.3) is 0 Å². The van der Waals surface area contributed by atoms with Crippen LogP contribution >= 0.6 is 11.6 Å². The number of methoxy groups -OCH3 is 1. The fourth-order valence-corrected chi connectivity index (χ4v) is 2.78. The number of carbonyl (C=O) groups is 2. The number of rotatable bonds is 5. The van der Waals surface area contributed by atoms with E-state index in [1.54, 1.807) is 36.4 Å². The van der Waals surface area contributed by atoms with Gasteiger partial charge in [-0.1, -0.05) is 23.7 Å². The van der Waals surface area contributed by atoms with Gasteiger partial charge in [0.25, 0.3) is 11.8 Å². The van der Waals surface area contributed by atoms with Crippen molar-refractivity contribution < 1.29 is 19.1 Å². The lowest BCUT2D eigenvalue weighted by Gasteiger charge is -2.12.